The summed E-state index contributed by atoms with van der Waals surface area (Å²) in [5.41, 5.74) is 1.03. The summed E-state index contributed by atoms with van der Waals surface area (Å²) in [6, 6.07) is 0. The van der Waals surface area contributed by atoms with Crippen molar-refractivity contribution in [2.75, 3.05) is 0 Å². The number of carboxylic acids is 1. The Morgan fingerprint density at radius 1 is 0.905 bits per heavy atom. The summed E-state index contributed by atoms with van der Waals surface area (Å²) < 4.78 is 0. The molecule has 1 heterocycles. The molecular weight excluding hydrogens is 264 g/mol. The highest BCUT2D eigenvalue weighted by Crippen LogP contribution is 2.12. The topological polar surface area (TPSA) is 63.1 Å². The second-order valence-electron chi connectivity index (χ2n) is 5.65. The SMILES string of the molecule is CCCCCCCCCCCCc1cnc(C(=O)O)nc1. The van der Waals surface area contributed by atoms with Crippen LogP contribution in [-0.4, -0.2) is 21.0 Å². The molecule has 0 radical (unpaired) electrons. The Hall–Kier alpha value is -1.45. The van der Waals surface area contributed by atoms with Crippen LogP contribution in [0.3, 0.4) is 0 Å². The zero-order chi connectivity index (χ0) is 15.3. The Bertz CT molecular complexity index is 390. The van der Waals surface area contributed by atoms with Gasteiger partial charge >= 0.3 is 5.97 Å². The molecule has 1 rings (SSSR count). The van der Waals surface area contributed by atoms with Gasteiger partial charge in [-0.1, -0.05) is 64.7 Å². The fourth-order valence-electron chi connectivity index (χ4n) is 2.41. The van der Waals surface area contributed by atoms with Crippen LogP contribution in [0.25, 0.3) is 0 Å². The maximum absolute atomic E-state index is 10.6. The summed E-state index contributed by atoms with van der Waals surface area (Å²) >= 11 is 0. The van der Waals surface area contributed by atoms with Gasteiger partial charge in [0.1, 0.15) is 0 Å². The number of aromatic carboxylic acids is 1. The first kappa shape index (κ1) is 17.6. The van der Waals surface area contributed by atoms with Crippen LogP contribution >= 0.6 is 0 Å². The molecule has 0 bridgehead atoms. The van der Waals surface area contributed by atoms with Crippen LogP contribution in [-0.2, 0) is 6.42 Å². The van der Waals surface area contributed by atoms with Gasteiger partial charge in [-0.2, -0.15) is 0 Å². The average Bonchev–Trinajstić information content (AvgIpc) is 2.49. The molecule has 118 valence electrons. The minimum Gasteiger partial charge on any atom is -0.475 e. The Morgan fingerprint density at radius 2 is 1.38 bits per heavy atom. The van der Waals surface area contributed by atoms with E-state index in [-0.39, 0.29) is 5.82 Å². The molecule has 0 atom stereocenters. The van der Waals surface area contributed by atoms with Crippen LogP contribution in [0.15, 0.2) is 12.4 Å². The number of unbranched alkanes of at least 4 members (excludes halogenated alkanes) is 9. The van der Waals surface area contributed by atoms with Crippen molar-refractivity contribution in [3.05, 3.63) is 23.8 Å². The molecule has 4 heteroatoms. The molecule has 0 aliphatic heterocycles. The predicted octanol–water partition coefficient (Wildman–Crippen LogP) is 4.64. The zero-order valence-electron chi connectivity index (χ0n) is 13.2. The van der Waals surface area contributed by atoms with E-state index in [1.807, 2.05) is 0 Å². The summed E-state index contributed by atoms with van der Waals surface area (Å²) in [5, 5.41) is 8.72. The van der Waals surface area contributed by atoms with Crippen molar-refractivity contribution in [1.29, 1.82) is 0 Å². The molecule has 21 heavy (non-hydrogen) atoms. The van der Waals surface area contributed by atoms with Crippen LogP contribution in [0.4, 0.5) is 0 Å². The molecule has 0 unspecified atom stereocenters. The van der Waals surface area contributed by atoms with Crippen LogP contribution in [0.5, 0.6) is 0 Å². The van der Waals surface area contributed by atoms with E-state index in [1.165, 1.54) is 57.8 Å². The van der Waals surface area contributed by atoms with E-state index in [1.54, 1.807) is 12.4 Å². The Morgan fingerprint density at radius 3 is 1.86 bits per heavy atom. The first-order chi connectivity index (χ1) is 10.2. The number of hydrogen-bond donors (Lipinski definition) is 1. The molecule has 0 saturated carbocycles. The van der Waals surface area contributed by atoms with E-state index in [9.17, 15) is 4.79 Å². The van der Waals surface area contributed by atoms with Gasteiger partial charge in [0.15, 0.2) is 0 Å². The smallest absolute Gasteiger partial charge is 0.373 e. The third-order valence-corrected chi connectivity index (χ3v) is 3.72. The Kier molecular flexibility index (Phi) is 9.42. The third-order valence-electron chi connectivity index (χ3n) is 3.72. The molecule has 1 aromatic rings. The van der Waals surface area contributed by atoms with Gasteiger partial charge in [0, 0.05) is 12.4 Å². The van der Waals surface area contributed by atoms with Gasteiger partial charge in [-0.25, -0.2) is 14.8 Å². The average molecular weight is 292 g/mol. The van der Waals surface area contributed by atoms with Crippen molar-refractivity contribution < 1.29 is 9.90 Å². The molecule has 1 N–H and O–H groups in total. The first-order valence-electron chi connectivity index (χ1n) is 8.28. The number of carbonyl (C=O) groups is 1. The van der Waals surface area contributed by atoms with E-state index in [0.717, 1.165) is 18.4 Å². The van der Waals surface area contributed by atoms with Crippen molar-refractivity contribution in [3.63, 3.8) is 0 Å². The molecule has 0 aromatic carbocycles. The summed E-state index contributed by atoms with van der Waals surface area (Å²) in [4.78, 5) is 18.3. The van der Waals surface area contributed by atoms with Crippen molar-refractivity contribution in [2.45, 2.75) is 77.6 Å². The fourth-order valence-corrected chi connectivity index (χ4v) is 2.41. The number of rotatable bonds is 12. The highest BCUT2D eigenvalue weighted by Gasteiger charge is 2.05. The van der Waals surface area contributed by atoms with E-state index >= 15 is 0 Å². The molecule has 0 aliphatic rings. The molecule has 1 aromatic heterocycles. The monoisotopic (exact) mass is 292 g/mol. The number of aryl methyl sites for hydroxylation is 1. The Labute approximate surface area is 128 Å². The van der Waals surface area contributed by atoms with Crippen LogP contribution in [0, 0.1) is 0 Å². The number of carboxylic acid groups (broad SMARTS) is 1. The Balaban J connectivity index is 1.98. The van der Waals surface area contributed by atoms with Crippen LogP contribution in [0.1, 0.15) is 87.3 Å². The number of nitrogens with zero attached hydrogens (tertiary/aromatic N) is 2. The summed E-state index contributed by atoms with van der Waals surface area (Å²) in [5.74, 6) is -1.19. The summed E-state index contributed by atoms with van der Waals surface area (Å²) in [6.45, 7) is 2.25. The highest BCUT2D eigenvalue weighted by atomic mass is 16.4. The molecule has 0 amide bonds. The van der Waals surface area contributed by atoms with Crippen molar-refractivity contribution >= 4 is 5.97 Å². The van der Waals surface area contributed by atoms with Crippen molar-refractivity contribution in [2.24, 2.45) is 0 Å². The molecule has 4 nitrogen and oxygen atoms in total. The van der Waals surface area contributed by atoms with Crippen molar-refractivity contribution in [3.8, 4) is 0 Å². The lowest BCUT2D eigenvalue weighted by Gasteiger charge is -2.03. The van der Waals surface area contributed by atoms with Gasteiger partial charge in [0.05, 0.1) is 0 Å². The number of aromatic nitrogens is 2. The van der Waals surface area contributed by atoms with Gasteiger partial charge in [-0.05, 0) is 18.4 Å². The van der Waals surface area contributed by atoms with Gasteiger partial charge < -0.3 is 5.11 Å². The standard InChI is InChI=1S/C17H28N2O2/c1-2-3-4-5-6-7-8-9-10-11-12-15-13-18-16(17(20)21)19-14-15/h13-14H,2-12H2,1H3,(H,20,21). The molecule has 0 spiro atoms. The first-order valence-corrected chi connectivity index (χ1v) is 8.28. The maximum atomic E-state index is 10.6. The van der Waals surface area contributed by atoms with E-state index in [4.69, 9.17) is 5.11 Å². The predicted molar refractivity (Wildman–Crippen MR) is 84.5 cm³/mol. The zero-order valence-corrected chi connectivity index (χ0v) is 13.2. The highest BCUT2D eigenvalue weighted by molar-refractivity contribution is 5.82. The van der Waals surface area contributed by atoms with Crippen LogP contribution < -0.4 is 0 Å². The second-order valence-corrected chi connectivity index (χ2v) is 5.65. The van der Waals surface area contributed by atoms with E-state index in [0.29, 0.717) is 0 Å². The largest absolute Gasteiger partial charge is 0.475 e. The third kappa shape index (κ3) is 8.43. The van der Waals surface area contributed by atoms with Gasteiger partial charge in [-0.3, -0.25) is 0 Å². The van der Waals surface area contributed by atoms with Crippen molar-refractivity contribution in [1.82, 2.24) is 9.97 Å². The lowest BCUT2D eigenvalue weighted by atomic mass is 10.0. The molecule has 0 fully saturated rings. The van der Waals surface area contributed by atoms with E-state index < -0.39 is 5.97 Å². The van der Waals surface area contributed by atoms with Gasteiger partial charge in [0.2, 0.25) is 5.82 Å². The normalized spacial score (nSPS) is 10.7. The lowest BCUT2D eigenvalue weighted by molar-refractivity contribution is 0.0683. The fraction of sp³-hybridized carbons (Fsp3) is 0.706. The number of hydrogen-bond acceptors (Lipinski definition) is 3. The summed E-state index contributed by atoms with van der Waals surface area (Å²) in [7, 11) is 0. The lowest BCUT2D eigenvalue weighted by Crippen LogP contribution is -2.04. The van der Waals surface area contributed by atoms with E-state index in [2.05, 4.69) is 16.9 Å². The molecular formula is C17H28N2O2. The molecule has 0 aliphatic carbocycles. The maximum Gasteiger partial charge on any atom is 0.373 e. The van der Waals surface area contributed by atoms with Gasteiger partial charge in [0.25, 0.3) is 0 Å². The molecule has 0 saturated heterocycles. The second kappa shape index (κ2) is 11.2. The van der Waals surface area contributed by atoms with Crippen LogP contribution in [0.2, 0.25) is 0 Å². The van der Waals surface area contributed by atoms with Gasteiger partial charge in [-0.15, -0.1) is 0 Å². The quantitative estimate of drug-likeness (QED) is 0.570. The minimum absolute atomic E-state index is 0.123. The minimum atomic E-state index is -1.07. The summed E-state index contributed by atoms with van der Waals surface area (Å²) in [6.07, 6.45) is 17.4.